The molecule has 0 heterocycles. The van der Waals surface area contributed by atoms with Crippen molar-refractivity contribution >= 4 is 46.1 Å². The molecule has 1 amide bonds. The second kappa shape index (κ2) is 6.91. The Bertz CT molecular complexity index is 955. The minimum Gasteiger partial charge on any atom is -0.507 e. The van der Waals surface area contributed by atoms with Gasteiger partial charge in [0.15, 0.2) is 0 Å². The molecule has 3 rings (SSSR count). The Kier molecular flexibility index (Phi) is 4.69. The molecule has 0 fully saturated rings. The molecule has 24 heavy (non-hydrogen) atoms. The Labute approximate surface area is 148 Å². The van der Waals surface area contributed by atoms with Crippen LogP contribution in [0.5, 0.6) is 5.75 Å². The molecule has 6 heteroatoms. The van der Waals surface area contributed by atoms with Gasteiger partial charge in [-0.25, -0.2) is 5.43 Å². The quantitative estimate of drug-likeness (QED) is 0.530. The van der Waals surface area contributed by atoms with Crippen molar-refractivity contribution in [3.8, 4) is 5.75 Å². The number of hydrogen-bond acceptors (Lipinski definition) is 3. The van der Waals surface area contributed by atoms with Gasteiger partial charge >= 0.3 is 0 Å². The van der Waals surface area contributed by atoms with E-state index in [2.05, 4.69) is 10.5 Å². The summed E-state index contributed by atoms with van der Waals surface area (Å²) < 4.78 is 0. The molecule has 0 aliphatic heterocycles. The Balaban J connectivity index is 1.84. The number of hydrazone groups is 1. The highest BCUT2D eigenvalue weighted by Crippen LogP contribution is 2.25. The summed E-state index contributed by atoms with van der Waals surface area (Å²) in [7, 11) is 0. The third-order valence-corrected chi connectivity index (χ3v) is 4.03. The fraction of sp³-hybridized carbons (Fsp3) is 0. The maximum Gasteiger partial charge on any atom is 0.272 e. The third-order valence-electron chi connectivity index (χ3n) is 3.48. The summed E-state index contributed by atoms with van der Waals surface area (Å²) in [6.45, 7) is 0. The second-order valence-electron chi connectivity index (χ2n) is 5.04. The molecule has 0 aliphatic carbocycles. The van der Waals surface area contributed by atoms with Gasteiger partial charge in [-0.15, -0.1) is 0 Å². The molecule has 0 spiro atoms. The lowest BCUT2D eigenvalue weighted by Gasteiger charge is -2.05. The third kappa shape index (κ3) is 3.35. The molecule has 0 unspecified atom stereocenters. The fourth-order valence-electron chi connectivity index (χ4n) is 2.31. The smallest absolute Gasteiger partial charge is 0.272 e. The van der Waals surface area contributed by atoms with Gasteiger partial charge in [-0.2, -0.15) is 5.10 Å². The number of aromatic hydroxyl groups is 1. The van der Waals surface area contributed by atoms with Crippen LogP contribution in [0.25, 0.3) is 10.8 Å². The Hall–Kier alpha value is -2.56. The summed E-state index contributed by atoms with van der Waals surface area (Å²) >= 11 is 11.8. The average molecular weight is 359 g/mol. The van der Waals surface area contributed by atoms with E-state index in [0.717, 1.165) is 10.8 Å². The van der Waals surface area contributed by atoms with Crippen LogP contribution in [0.3, 0.4) is 0 Å². The Morgan fingerprint density at radius 1 is 1.08 bits per heavy atom. The van der Waals surface area contributed by atoms with Crippen LogP contribution in [-0.4, -0.2) is 17.2 Å². The number of nitrogens with zero attached hydrogens (tertiary/aromatic N) is 1. The van der Waals surface area contributed by atoms with Crippen molar-refractivity contribution < 1.29 is 9.90 Å². The van der Waals surface area contributed by atoms with E-state index in [4.69, 9.17) is 23.2 Å². The summed E-state index contributed by atoms with van der Waals surface area (Å²) in [5.41, 5.74) is 3.18. The molecule has 120 valence electrons. The number of fused-ring (bicyclic) bond motifs is 1. The number of phenols is 1. The van der Waals surface area contributed by atoms with E-state index in [1.54, 1.807) is 12.1 Å². The molecule has 0 bridgehead atoms. The molecule has 0 atom stereocenters. The number of halogens is 2. The molecule has 4 nitrogen and oxygen atoms in total. The van der Waals surface area contributed by atoms with Gasteiger partial charge in [0.05, 0.1) is 16.8 Å². The fourth-order valence-corrected chi connectivity index (χ4v) is 2.80. The zero-order valence-electron chi connectivity index (χ0n) is 12.3. The van der Waals surface area contributed by atoms with Crippen LogP contribution in [0.15, 0.2) is 59.7 Å². The maximum atomic E-state index is 12.1. The van der Waals surface area contributed by atoms with E-state index in [-0.39, 0.29) is 16.3 Å². The monoisotopic (exact) mass is 358 g/mol. The van der Waals surface area contributed by atoms with Gasteiger partial charge in [0.1, 0.15) is 5.75 Å². The van der Waals surface area contributed by atoms with Gasteiger partial charge in [0.25, 0.3) is 5.91 Å². The number of carbonyl (C=O) groups is 1. The lowest BCUT2D eigenvalue weighted by molar-refractivity contribution is 0.0955. The highest BCUT2D eigenvalue weighted by molar-refractivity contribution is 6.36. The van der Waals surface area contributed by atoms with Gasteiger partial charge < -0.3 is 5.11 Å². The predicted molar refractivity (Wildman–Crippen MR) is 97.1 cm³/mol. The molecule has 0 aromatic heterocycles. The van der Waals surface area contributed by atoms with Gasteiger partial charge in [0.2, 0.25) is 0 Å². The van der Waals surface area contributed by atoms with E-state index in [9.17, 15) is 9.90 Å². The topological polar surface area (TPSA) is 61.7 Å². The summed E-state index contributed by atoms with van der Waals surface area (Å²) in [6.07, 6.45) is 1.40. The zero-order valence-corrected chi connectivity index (χ0v) is 13.8. The second-order valence-corrected chi connectivity index (χ2v) is 5.89. The maximum absolute atomic E-state index is 12.1. The average Bonchev–Trinajstić information content (AvgIpc) is 2.56. The molecular weight excluding hydrogens is 347 g/mol. The summed E-state index contributed by atoms with van der Waals surface area (Å²) in [5, 5.41) is 16.4. The van der Waals surface area contributed by atoms with Gasteiger partial charge in [-0.3, -0.25) is 4.79 Å². The SMILES string of the molecule is O=C(NN=Cc1c(O)ccc2ccccc12)c1ccc(Cl)cc1Cl. The summed E-state index contributed by atoms with van der Waals surface area (Å²) in [6, 6.07) is 15.5. The van der Waals surface area contributed by atoms with E-state index in [1.807, 2.05) is 30.3 Å². The number of amides is 1. The van der Waals surface area contributed by atoms with Crippen molar-refractivity contribution in [1.29, 1.82) is 0 Å². The van der Waals surface area contributed by atoms with E-state index in [1.165, 1.54) is 18.3 Å². The number of hydrogen-bond donors (Lipinski definition) is 2. The number of benzene rings is 3. The van der Waals surface area contributed by atoms with Crippen molar-refractivity contribution in [1.82, 2.24) is 5.43 Å². The van der Waals surface area contributed by atoms with Crippen molar-refractivity contribution in [3.63, 3.8) is 0 Å². The normalized spacial score (nSPS) is 11.1. The standard InChI is InChI=1S/C18H12Cl2N2O2/c19-12-6-7-14(16(20)9-12)18(24)22-21-10-15-13-4-2-1-3-11(13)5-8-17(15)23/h1-10,23H,(H,22,24). The first-order valence-corrected chi connectivity index (χ1v) is 7.81. The largest absolute Gasteiger partial charge is 0.507 e. The van der Waals surface area contributed by atoms with Crippen molar-refractivity contribution in [2.75, 3.05) is 0 Å². The van der Waals surface area contributed by atoms with Crippen LogP contribution in [0, 0.1) is 0 Å². The van der Waals surface area contributed by atoms with Crippen molar-refractivity contribution in [3.05, 3.63) is 75.8 Å². The first-order chi connectivity index (χ1) is 11.6. The minimum atomic E-state index is -0.465. The zero-order chi connectivity index (χ0) is 17.1. The van der Waals surface area contributed by atoms with Gasteiger partial charge in [-0.1, -0.05) is 53.5 Å². The van der Waals surface area contributed by atoms with Crippen LogP contribution in [0.1, 0.15) is 15.9 Å². The lowest BCUT2D eigenvalue weighted by Crippen LogP contribution is -2.18. The van der Waals surface area contributed by atoms with E-state index >= 15 is 0 Å². The highest BCUT2D eigenvalue weighted by atomic mass is 35.5. The first-order valence-electron chi connectivity index (χ1n) is 7.05. The van der Waals surface area contributed by atoms with Crippen molar-refractivity contribution in [2.45, 2.75) is 0 Å². The number of rotatable bonds is 3. The molecule has 0 saturated heterocycles. The van der Waals surface area contributed by atoms with Crippen LogP contribution in [-0.2, 0) is 0 Å². The molecule has 0 radical (unpaired) electrons. The van der Waals surface area contributed by atoms with Crippen LogP contribution in [0.4, 0.5) is 0 Å². The Morgan fingerprint density at radius 2 is 1.88 bits per heavy atom. The molecule has 2 N–H and O–H groups in total. The number of phenolic OH excluding ortho intramolecular Hbond substituents is 1. The minimum absolute atomic E-state index is 0.0798. The predicted octanol–water partition coefficient (Wildman–Crippen LogP) is 4.62. The Morgan fingerprint density at radius 3 is 2.67 bits per heavy atom. The van der Waals surface area contributed by atoms with Crippen LogP contribution in [0.2, 0.25) is 10.0 Å². The van der Waals surface area contributed by atoms with Gasteiger partial charge in [0, 0.05) is 10.6 Å². The van der Waals surface area contributed by atoms with E-state index in [0.29, 0.717) is 10.6 Å². The van der Waals surface area contributed by atoms with Gasteiger partial charge in [-0.05, 0) is 35.0 Å². The number of nitrogens with one attached hydrogen (secondary N) is 1. The molecule has 0 saturated carbocycles. The highest BCUT2D eigenvalue weighted by Gasteiger charge is 2.10. The van der Waals surface area contributed by atoms with E-state index < -0.39 is 5.91 Å². The molecule has 0 aliphatic rings. The lowest BCUT2D eigenvalue weighted by atomic mass is 10.0. The number of carbonyl (C=O) groups excluding carboxylic acids is 1. The summed E-state index contributed by atoms with van der Waals surface area (Å²) in [4.78, 5) is 12.1. The summed E-state index contributed by atoms with van der Waals surface area (Å²) in [5.74, 6) is -0.385. The molecular formula is C18H12Cl2N2O2. The molecule has 3 aromatic rings. The first kappa shape index (κ1) is 16.3. The van der Waals surface area contributed by atoms with Crippen LogP contribution < -0.4 is 5.43 Å². The van der Waals surface area contributed by atoms with Crippen molar-refractivity contribution in [2.24, 2.45) is 5.10 Å². The van der Waals surface area contributed by atoms with Crippen LogP contribution >= 0.6 is 23.2 Å². The molecule has 3 aromatic carbocycles.